The average molecular weight is 369 g/mol. The maximum absolute atomic E-state index is 13.6. The molecule has 1 aromatic heterocycles. The first kappa shape index (κ1) is 18.4. The van der Waals surface area contributed by atoms with Crippen molar-refractivity contribution in [2.45, 2.75) is 26.9 Å². The summed E-state index contributed by atoms with van der Waals surface area (Å²) in [5.41, 5.74) is 8.10. The van der Waals surface area contributed by atoms with Gasteiger partial charge in [-0.15, -0.1) is 0 Å². The SMILES string of the molecule is Cc1[nH]c2ccc(C(=O)NNC(=O)C(C)Oc3ccccc3F)cc2c1C. The first-order valence-corrected chi connectivity index (χ1v) is 8.47. The van der Waals surface area contributed by atoms with Crippen molar-refractivity contribution >= 4 is 22.7 Å². The minimum atomic E-state index is -0.987. The lowest BCUT2D eigenvalue weighted by Crippen LogP contribution is -2.47. The first-order valence-electron chi connectivity index (χ1n) is 8.47. The maximum atomic E-state index is 13.6. The molecule has 6 nitrogen and oxygen atoms in total. The predicted octanol–water partition coefficient (Wildman–Crippen LogP) is 3.15. The van der Waals surface area contributed by atoms with Gasteiger partial charge in [0, 0.05) is 22.2 Å². The molecule has 0 bridgehead atoms. The Kier molecular flexibility index (Phi) is 5.12. The summed E-state index contributed by atoms with van der Waals surface area (Å²) in [6.07, 6.45) is -0.987. The Hall–Kier alpha value is -3.35. The summed E-state index contributed by atoms with van der Waals surface area (Å²) in [5.74, 6) is -1.65. The highest BCUT2D eigenvalue weighted by Crippen LogP contribution is 2.22. The van der Waals surface area contributed by atoms with Crippen LogP contribution in [0.4, 0.5) is 4.39 Å². The monoisotopic (exact) mass is 369 g/mol. The van der Waals surface area contributed by atoms with Gasteiger partial charge >= 0.3 is 0 Å². The molecule has 2 aromatic carbocycles. The molecule has 0 fully saturated rings. The first-order chi connectivity index (χ1) is 12.9. The quantitative estimate of drug-likeness (QED) is 0.618. The highest BCUT2D eigenvalue weighted by molar-refractivity contribution is 5.99. The van der Waals surface area contributed by atoms with Crippen LogP contribution < -0.4 is 15.6 Å². The zero-order valence-electron chi connectivity index (χ0n) is 15.2. The smallest absolute Gasteiger partial charge is 0.279 e. The van der Waals surface area contributed by atoms with E-state index in [4.69, 9.17) is 4.74 Å². The van der Waals surface area contributed by atoms with Gasteiger partial charge in [-0.2, -0.15) is 0 Å². The molecule has 1 atom stereocenters. The molecule has 2 amide bonds. The van der Waals surface area contributed by atoms with Crippen LogP contribution in [0.1, 0.15) is 28.5 Å². The second-order valence-electron chi connectivity index (χ2n) is 6.27. The number of nitrogens with one attached hydrogen (secondary N) is 3. The van der Waals surface area contributed by atoms with Crippen molar-refractivity contribution < 1.29 is 18.7 Å². The molecule has 1 unspecified atom stereocenters. The van der Waals surface area contributed by atoms with Crippen molar-refractivity contribution in [1.82, 2.24) is 15.8 Å². The Morgan fingerprint density at radius 1 is 1.11 bits per heavy atom. The fourth-order valence-electron chi connectivity index (χ4n) is 2.68. The number of fused-ring (bicyclic) bond motifs is 1. The second-order valence-corrected chi connectivity index (χ2v) is 6.27. The minimum Gasteiger partial charge on any atom is -0.478 e. The molecule has 7 heteroatoms. The third-order valence-electron chi connectivity index (χ3n) is 4.38. The normalized spacial score (nSPS) is 11.9. The summed E-state index contributed by atoms with van der Waals surface area (Å²) >= 11 is 0. The van der Waals surface area contributed by atoms with E-state index in [1.807, 2.05) is 19.9 Å². The van der Waals surface area contributed by atoms with E-state index in [1.165, 1.54) is 25.1 Å². The molecule has 0 saturated carbocycles. The van der Waals surface area contributed by atoms with Crippen LogP contribution in [0.25, 0.3) is 10.9 Å². The average Bonchev–Trinajstić information content (AvgIpc) is 2.94. The fraction of sp³-hybridized carbons (Fsp3) is 0.200. The molecule has 0 aliphatic heterocycles. The molecular weight excluding hydrogens is 349 g/mol. The fourth-order valence-corrected chi connectivity index (χ4v) is 2.68. The molecule has 1 heterocycles. The summed E-state index contributed by atoms with van der Waals surface area (Å²) in [6, 6.07) is 11.0. The maximum Gasteiger partial charge on any atom is 0.279 e. The van der Waals surface area contributed by atoms with E-state index in [2.05, 4.69) is 15.8 Å². The van der Waals surface area contributed by atoms with Gasteiger partial charge in [-0.1, -0.05) is 12.1 Å². The summed E-state index contributed by atoms with van der Waals surface area (Å²) in [7, 11) is 0. The van der Waals surface area contributed by atoms with Crippen LogP contribution in [0.2, 0.25) is 0 Å². The lowest BCUT2D eigenvalue weighted by atomic mass is 10.1. The lowest BCUT2D eigenvalue weighted by Gasteiger charge is -2.15. The van der Waals surface area contributed by atoms with Crippen LogP contribution in [-0.4, -0.2) is 22.9 Å². The predicted molar refractivity (Wildman–Crippen MR) is 99.9 cm³/mol. The number of aromatic amines is 1. The van der Waals surface area contributed by atoms with E-state index < -0.39 is 23.7 Å². The number of halogens is 1. The number of hydrazine groups is 1. The highest BCUT2D eigenvalue weighted by Gasteiger charge is 2.18. The highest BCUT2D eigenvalue weighted by atomic mass is 19.1. The number of rotatable bonds is 4. The Balaban J connectivity index is 1.62. The van der Waals surface area contributed by atoms with Gasteiger partial charge < -0.3 is 9.72 Å². The van der Waals surface area contributed by atoms with Gasteiger partial charge in [-0.25, -0.2) is 4.39 Å². The minimum absolute atomic E-state index is 0.0322. The number of para-hydroxylation sites is 1. The number of benzene rings is 2. The van der Waals surface area contributed by atoms with Crippen molar-refractivity contribution in [3.63, 3.8) is 0 Å². The molecule has 0 saturated heterocycles. The Labute approximate surface area is 155 Å². The topological polar surface area (TPSA) is 83.2 Å². The van der Waals surface area contributed by atoms with Crippen LogP contribution in [0.15, 0.2) is 42.5 Å². The van der Waals surface area contributed by atoms with Gasteiger partial charge in [0.2, 0.25) is 0 Å². The third-order valence-corrected chi connectivity index (χ3v) is 4.38. The Bertz CT molecular complexity index is 1010. The molecule has 0 spiro atoms. The molecule has 0 radical (unpaired) electrons. The van der Waals surface area contributed by atoms with E-state index in [1.54, 1.807) is 18.2 Å². The van der Waals surface area contributed by atoms with Crippen molar-refractivity contribution in [1.29, 1.82) is 0 Å². The van der Waals surface area contributed by atoms with Crippen molar-refractivity contribution in [3.8, 4) is 5.75 Å². The summed E-state index contributed by atoms with van der Waals surface area (Å²) in [5, 5.41) is 0.947. The Morgan fingerprint density at radius 2 is 1.85 bits per heavy atom. The van der Waals surface area contributed by atoms with Gasteiger partial charge in [0.1, 0.15) is 0 Å². The van der Waals surface area contributed by atoms with Crippen LogP contribution in [0, 0.1) is 19.7 Å². The number of carbonyl (C=O) groups excluding carboxylic acids is 2. The summed E-state index contributed by atoms with van der Waals surface area (Å²) in [4.78, 5) is 27.6. The largest absolute Gasteiger partial charge is 0.478 e. The number of aryl methyl sites for hydroxylation is 2. The van der Waals surface area contributed by atoms with Gasteiger partial charge in [0.15, 0.2) is 17.7 Å². The van der Waals surface area contributed by atoms with Crippen molar-refractivity contribution in [2.75, 3.05) is 0 Å². The van der Waals surface area contributed by atoms with E-state index in [-0.39, 0.29) is 5.75 Å². The number of ether oxygens (including phenoxy) is 1. The molecule has 3 N–H and O–H groups in total. The zero-order chi connectivity index (χ0) is 19.6. The number of hydrogen-bond donors (Lipinski definition) is 3. The van der Waals surface area contributed by atoms with Gasteiger partial charge in [-0.3, -0.25) is 20.4 Å². The number of amides is 2. The van der Waals surface area contributed by atoms with Crippen molar-refractivity contribution in [3.05, 3.63) is 65.1 Å². The van der Waals surface area contributed by atoms with Gasteiger partial charge in [0.25, 0.3) is 11.8 Å². The molecule has 0 aliphatic rings. The van der Waals surface area contributed by atoms with E-state index in [0.717, 1.165) is 22.2 Å². The van der Waals surface area contributed by atoms with E-state index in [0.29, 0.717) is 5.56 Å². The van der Waals surface area contributed by atoms with E-state index >= 15 is 0 Å². The van der Waals surface area contributed by atoms with Crippen LogP contribution >= 0.6 is 0 Å². The van der Waals surface area contributed by atoms with Crippen LogP contribution in [0.3, 0.4) is 0 Å². The molecular formula is C20H20FN3O3. The van der Waals surface area contributed by atoms with Gasteiger partial charge in [-0.05, 0) is 56.7 Å². The number of aromatic nitrogens is 1. The second kappa shape index (κ2) is 7.49. The van der Waals surface area contributed by atoms with Crippen LogP contribution in [-0.2, 0) is 4.79 Å². The number of hydrogen-bond acceptors (Lipinski definition) is 3. The third kappa shape index (κ3) is 3.92. The Morgan fingerprint density at radius 3 is 2.59 bits per heavy atom. The molecule has 140 valence electrons. The molecule has 27 heavy (non-hydrogen) atoms. The molecule has 0 aliphatic carbocycles. The number of H-pyrrole nitrogens is 1. The standard InChI is InChI=1S/C20H20FN3O3/c1-11-12(2)22-17-9-8-14(10-15(11)17)20(26)24-23-19(25)13(3)27-18-7-5-4-6-16(18)21/h4-10,13,22H,1-3H3,(H,23,25)(H,24,26). The molecule has 3 aromatic rings. The summed E-state index contributed by atoms with van der Waals surface area (Å²) < 4.78 is 18.9. The molecule has 3 rings (SSSR count). The zero-order valence-corrected chi connectivity index (χ0v) is 15.2. The van der Waals surface area contributed by atoms with Crippen LogP contribution in [0.5, 0.6) is 5.75 Å². The van der Waals surface area contributed by atoms with Gasteiger partial charge in [0.05, 0.1) is 0 Å². The number of carbonyl (C=O) groups is 2. The summed E-state index contributed by atoms with van der Waals surface area (Å²) in [6.45, 7) is 5.40. The van der Waals surface area contributed by atoms with Crippen molar-refractivity contribution in [2.24, 2.45) is 0 Å². The van der Waals surface area contributed by atoms with E-state index in [9.17, 15) is 14.0 Å². The lowest BCUT2D eigenvalue weighted by molar-refractivity contribution is -0.128.